The van der Waals surface area contributed by atoms with Gasteiger partial charge in [-0.3, -0.25) is 0 Å². The highest BCUT2D eigenvalue weighted by Crippen LogP contribution is 2.38. The van der Waals surface area contributed by atoms with Gasteiger partial charge < -0.3 is 9.73 Å². The summed E-state index contributed by atoms with van der Waals surface area (Å²) in [7, 11) is 2.04. The van der Waals surface area contributed by atoms with E-state index in [2.05, 4.69) is 11.4 Å². The van der Waals surface area contributed by atoms with Crippen molar-refractivity contribution in [3.05, 3.63) is 23.7 Å². The van der Waals surface area contributed by atoms with Gasteiger partial charge in [-0.05, 0) is 38.8 Å². The highest BCUT2D eigenvalue weighted by molar-refractivity contribution is 5.21. The molecule has 0 aliphatic heterocycles. The van der Waals surface area contributed by atoms with Gasteiger partial charge in [-0.2, -0.15) is 0 Å². The first-order valence-corrected chi connectivity index (χ1v) is 5.04. The molecule has 1 aliphatic rings. The first kappa shape index (κ1) is 8.82. The summed E-state index contributed by atoms with van der Waals surface area (Å²) in [6.07, 6.45) is 5.89. The summed E-state index contributed by atoms with van der Waals surface area (Å²) in [5.74, 6) is 1.88. The minimum atomic E-state index is 0.507. The second kappa shape index (κ2) is 3.54. The van der Waals surface area contributed by atoms with E-state index in [1.165, 1.54) is 24.8 Å². The third kappa shape index (κ3) is 1.51. The first-order valence-electron chi connectivity index (χ1n) is 5.04. The van der Waals surface area contributed by atoms with Crippen LogP contribution in [0.2, 0.25) is 0 Å². The van der Waals surface area contributed by atoms with E-state index in [0.717, 1.165) is 11.7 Å². The van der Waals surface area contributed by atoms with Crippen molar-refractivity contribution >= 4 is 0 Å². The molecule has 1 aromatic heterocycles. The fraction of sp³-hybridized carbons (Fsp3) is 0.636. The van der Waals surface area contributed by atoms with Crippen molar-refractivity contribution in [1.82, 2.24) is 5.32 Å². The maximum absolute atomic E-state index is 5.33. The Morgan fingerprint density at radius 2 is 2.31 bits per heavy atom. The number of nitrogens with one attached hydrogen (secondary N) is 1. The summed E-state index contributed by atoms with van der Waals surface area (Å²) in [6.45, 7) is 2.04. The van der Waals surface area contributed by atoms with Gasteiger partial charge in [-0.15, -0.1) is 0 Å². The highest BCUT2D eigenvalue weighted by atomic mass is 16.3. The Balaban J connectivity index is 2.16. The average molecular weight is 179 g/mol. The van der Waals surface area contributed by atoms with Gasteiger partial charge in [0.25, 0.3) is 0 Å². The monoisotopic (exact) mass is 179 g/mol. The molecule has 1 aromatic rings. The van der Waals surface area contributed by atoms with Gasteiger partial charge in [-0.25, -0.2) is 0 Å². The molecule has 0 saturated heterocycles. The van der Waals surface area contributed by atoms with E-state index in [4.69, 9.17) is 4.42 Å². The zero-order chi connectivity index (χ0) is 9.26. The third-order valence-electron chi connectivity index (χ3n) is 3.17. The van der Waals surface area contributed by atoms with Crippen molar-refractivity contribution in [2.75, 3.05) is 7.05 Å². The van der Waals surface area contributed by atoms with Crippen LogP contribution in [0.3, 0.4) is 0 Å². The molecule has 1 atom stereocenters. The Hall–Kier alpha value is -0.760. The molecule has 1 heterocycles. The van der Waals surface area contributed by atoms with Crippen LogP contribution in [0.15, 0.2) is 16.7 Å². The van der Waals surface area contributed by atoms with Gasteiger partial charge in [0.05, 0.1) is 6.26 Å². The van der Waals surface area contributed by atoms with Crippen LogP contribution in [-0.4, -0.2) is 7.05 Å². The smallest absolute Gasteiger partial charge is 0.105 e. The van der Waals surface area contributed by atoms with Crippen LogP contribution in [0.25, 0.3) is 0 Å². The molecule has 1 N–H and O–H groups in total. The first-order chi connectivity index (χ1) is 6.33. The molecule has 0 spiro atoms. The van der Waals surface area contributed by atoms with Crippen LogP contribution >= 0.6 is 0 Å². The van der Waals surface area contributed by atoms with E-state index in [1.807, 2.05) is 14.0 Å². The minimum Gasteiger partial charge on any atom is -0.469 e. The molecule has 72 valence electrons. The van der Waals surface area contributed by atoms with Crippen molar-refractivity contribution < 1.29 is 4.42 Å². The minimum absolute atomic E-state index is 0.507. The molecule has 0 bridgehead atoms. The molecule has 0 aromatic carbocycles. The Bertz CT molecular complexity index is 275. The molecular weight excluding hydrogens is 162 g/mol. The molecule has 1 fully saturated rings. The van der Waals surface area contributed by atoms with Gasteiger partial charge in [0, 0.05) is 11.6 Å². The van der Waals surface area contributed by atoms with Crippen molar-refractivity contribution in [1.29, 1.82) is 0 Å². The summed E-state index contributed by atoms with van der Waals surface area (Å²) < 4.78 is 5.33. The summed E-state index contributed by atoms with van der Waals surface area (Å²) in [5.41, 5.74) is 1.34. The number of rotatable bonds is 3. The summed E-state index contributed by atoms with van der Waals surface area (Å²) in [5, 5.41) is 3.39. The van der Waals surface area contributed by atoms with Crippen molar-refractivity contribution in [3.8, 4) is 0 Å². The second-order valence-electron chi connectivity index (χ2n) is 3.89. The van der Waals surface area contributed by atoms with Crippen LogP contribution in [-0.2, 0) is 0 Å². The fourth-order valence-electron chi connectivity index (χ4n) is 2.14. The van der Waals surface area contributed by atoms with Gasteiger partial charge in [0.2, 0.25) is 0 Å². The SMILES string of the molecule is CNC(c1ccoc1C)C1CCC1. The summed E-state index contributed by atoms with van der Waals surface area (Å²) in [6, 6.07) is 2.60. The lowest BCUT2D eigenvalue weighted by Crippen LogP contribution is -2.29. The molecule has 0 radical (unpaired) electrons. The Labute approximate surface area is 79.3 Å². The standard InChI is InChI=1S/C11H17NO/c1-8-10(6-7-13-8)11(12-2)9-4-3-5-9/h6-7,9,11-12H,3-5H2,1-2H3. The zero-order valence-electron chi connectivity index (χ0n) is 8.34. The third-order valence-corrected chi connectivity index (χ3v) is 3.17. The second-order valence-corrected chi connectivity index (χ2v) is 3.89. The zero-order valence-corrected chi connectivity index (χ0v) is 8.34. The predicted octanol–water partition coefficient (Wildman–Crippen LogP) is 2.65. The molecule has 0 amide bonds. The normalized spacial score (nSPS) is 19.8. The molecule has 1 aliphatic carbocycles. The lowest BCUT2D eigenvalue weighted by molar-refractivity contribution is 0.237. The van der Waals surface area contributed by atoms with Gasteiger partial charge in [0.15, 0.2) is 0 Å². The lowest BCUT2D eigenvalue weighted by Gasteiger charge is -2.33. The van der Waals surface area contributed by atoms with E-state index in [9.17, 15) is 0 Å². The topological polar surface area (TPSA) is 25.2 Å². The van der Waals surface area contributed by atoms with Crippen molar-refractivity contribution in [3.63, 3.8) is 0 Å². The maximum Gasteiger partial charge on any atom is 0.105 e. The highest BCUT2D eigenvalue weighted by Gasteiger charge is 2.28. The van der Waals surface area contributed by atoms with Crippen LogP contribution in [0.4, 0.5) is 0 Å². The Morgan fingerprint density at radius 1 is 1.54 bits per heavy atom. The molecule has 2 rings (SSSR count). The van der Waals surface area contributed by atoms with Crippen LogP contribution in [0.1, 0.15) is 36.6 Å². The average Bonchev–Trinajstić information content (AvgIpc) is 2.43. The van der Waals surface area contributed by atoms with E-state index in [1.54, 1.807) is 6.26 Å². The van der Waals surface area contributed by atoms with Crippen LogP contribution in [0.5, 0.6) is 0 Å². The Kier molecular flexibility index (Phi) is 2.40. The van der Waals surface area contributed by atoms with Crippen molar-refractivity contribution in [2.45, 2.75) is 32.2 Å². The largest absolute Gasteiger partial charge is 0.469 e. The molecule has 2 nitrogen and oxygen atoms in total. The predicted molar refractivity (Wildman–Crippen MR) is 52.6 cm³/mol. The molecule has 1 saturated carbocycles. The fourth-order valence-corrected chi connectivity index (χ4v) is 2.14. The van der Waals surface area contributed by atoms with E-state index < -0.39 is 0 Å². The Morgan fingerprint density at radius 3 is 2.69 bits per heavy atom. The number of furan rings is 1. The maximum atomic E-state index is 5.33. The molecule has 1 unspecified atom stereocenters. The lowest BCUT2D eigenvalue weighted by atomic mass is 9.77. The van der Waals surface area contributed by atoms with Crippen LogP contribution in [0, 0.1) is 12.8 Å². The van der Waals surface area contributed by atoms with E-state index in [0.29, 0.717) is 6.04 Å². The van der Waals surface area contributed by atoms with E-state index >= 15 is 0 Å². The van der Waals surface area contributed by atoms with Gasteiger partial charge >= 0.3 is 0 Å². The number of aryl methyl sites for hydroxylation is 1. The van der Waals surface area contributed by atoms with Crippen LogP contribution < -0.4 is 5.32 Å². The molecule has 13 heavy (non-hydrogen) atoms. The molecule has 2 heteroatoms. The summed E-state index contributed by atoms with van der Waals surface area (Å²) in [4.78, 5) is 0. The number of hydrogen-bond acceptors (Lipinski definition) is 2. The van der Waals surface area contributed by atoms with Crippen molar-refractivity contribution in [2.24, 2.45) is 5.92 Å². The summed E-state index contributed by atoms with van der Waals surface area (Å²) >= 11 is 0. The number of hydrogen-bond donors (Lipinski definition) is 1. The van der Waals surface area contributed by atoms with E-state index in [-0.39, 0.29) is 0 Å². The molecular formula is C11H17NO. The van der Waals surface area contributed by atoms with Gasteiger partial charge in [0.1, 0.15) is 5.76 Å². The van der Waals surface area contributed by atoms with Gasteiger partial charge in [-0.1, -0.05) is 6.42 Å². The quantitative estimate of drug-likeness (QED) is 0.771.